The van der Waals surface area contributed by atoms with Crippen LogP contribution in [0.4, 0.5) is 5.69 Å². The first-order valence-corrected chi connectivity index (χ1v) is 11.3. The summed E-state index contributed by atoms with van der Waals surface area (Å²) < 4.78 is 11.7. The standard InChI is InChI=1S/C25H19N6O2P/c1-31(15-34)21-12-10-20(11-13-21)25-30-29-24(33-25)19-8-6-18(7-9-19)23-28-27-22(32-23)17-4-2-16(14-26)3-5-17/h2-13H,15,34H2,1H3. The van der Waals surface area contributed by atoms with Crippen LogP contribution in [0.15, 0.2) is 81.6 Å². The molecule has 0 spiro atoms. The molecule has 9 heteroatoms. The molecular formula is C25H19N6O2P. The summed E-state index contributed by atoms with van der Waals surface area (Å²) in [4.78, 5) is 2.12. The molecule has 5 aromatic rings. The van der Waals surface area contributed by atoms with Gasteiger partial charge in [-0.3, -0.25) is 0 Å². The summed E-state index contributed by atoms with van der Waals surface area (Å²) in [7, 11) is 4.73. The lowest BCUT2D eigenvalue weighted by molar-refractivity contribution is 0.582. The number of anilines is 1. The number of hydrogen-bond donors (Lipinski definition) is 0. The van der Waals surface area contributed by atoms with Crippen LogP contribution in [0.25, 0.3) is 45.8 Å². The normalized spacial score (nSPS) is 10.7. The van der Waals surface area contributed by atoms with Crippen molar-refractivity contribution in [2.45, 2.75) is 0 Å². The van der Waals surface area contributed by atoms with E-state index in [9.17, 15) is 0 Å². The van der Waals surface area contributed by atoms with Crippen molar-refractivity contribution in [2.75, 3.05) is 18.2 Å². The summed E-state index contributed by atoms with van der Waals surface area (Å²) in [6, 6.07) is 24.5. The van der Waals surface area contributed by atoms with Crippen LogP contribution in [0.5, 0.6) is 0 Å². The third kappa shape index (κ3) is 4.29. The Labute approximate surface area is 198 Å². The van der Waals surface area contributed by atoms with Gasteiger partial charge in [0.1, 0.15) is 0 Å². The van der Waals surface area contributed by atoms with Gasteiger partial charge in [0.05, 0.1) is 11.6 Å². The van der Waals surface area contributed by atoms with Crippen LogP contribution >= 0.6 is 9.24 Å². The Morgan fingerprint density at radius 1 is 0.676 bits per heavy atom. The molecule has 0 saturated heterocycles. The Morgan fingerprint density at radius 3 is 1.38 bits per heavy atom. The third-order valence-electron chi connectivity index (χ3n) is 5.32. The zero-order valence-electron chi connectivity index (χ0n) is 18.2. The zero-order chi connectivity index (χ0) is 23.5. The molecule has 8 nitrogen and oxygen atoms in total. The predicted molar refractivity (Wildman–Crippen MR) is 132 cm³/mol. The van der Waals surface area contributed by atoms with Crippen LogP contribution in [-0.2, 0) is 0 Å². The number of aromatic nitrogens is 4. The summed E-state index contributed by atoms with van der Waals surface area (Å²) >= 11 is 0. The number of benzene rings is 3. The summed E-state index contributed by atoms with van der Waals surface area (Å²) in [6.07, 6.45) is 0.848. The van der Waals surface area contributed by atoms with E-state index >= 15 is 0 Å². The first-order chi connectivity index (χ1) is 16.6. The van der Waals surface area contributed by atoms with Gasteiger partial charge in [-0.15, -0.1) is 29.6 Å². The minimum absolute atomic E-state index is 0.389. The SMILES string of the molecule is CN(CP)c1ccc(-c2nnc(-c3ccc(-c4nnc(-c5ccc(C#N)cc5)o4)cc3)o2)cc1. The fraction of sp³-hybridized carbons (Fsp3) is 0.0800. The molecule has 0 bridgehead atoms. The van der Waals surface area contributed by atoms with E-state index in [1.165, 1.54) is 0 Å². The molecule has 1 atom stereocenters. The average molecular weight is 466 g/mol. The van der Waals surface area contributed by atoms with Crippen molar-refractivity contribution in [3.63, 3.8) is 0 Å². The van der Waals surface area contributed by atoms with Gasteiger partial charge in [-0.1, -0.05) is 0 Å². The van der Waals surface area contributed by atoms with Crippen LogP contribution in [0.3, 0.4) is 0 Å². The molecule has 0 aliphatic heterocycles. The van der Waals surface area contributed by atoms with Gasteiger partial charge >= 0.3 is 0 Å². The van der Waals surface area contributed by atoms with E-state index in [0.29, 0.717) is 29.1 Å². The highest BCUT2D eigenvalue weighted by atomic mass is 31.0. The molecule has 0 N–H and O–H groups in total. The maximum atomic E-state index is 8.93. The van der Waals surface area contributed by atoms with Gasteiger partial charge in [-0.05, 0) is 72.8 Å². The lowest BCUT2D eigenvalue weighted by Gasteiger charge is -2.16. The fourth-order valence-corrected chi connectivity index (χ4v) is 3.53. The molecule has 0 aliphatic rings. The number of rotatable bonds is 6. The van der Waals surface area contributed by atoms with Gasteiger partial charge in [-0.25, -0.2) is 0 Å². The topological polar surface area (TPSA) is 105 Å². The molecule has 1 unspecified atom stereocenters. The second kappa shape index (κ2) is 9.26. The molecule has 0 saturated carbocycles. The number of nitriles is 1. The Balaban J connectivity index is 1.33. The molecule has 0 radical (unpaired) electrons. The highest BCUT2D eigenvalue weighted by molar-refractivity contribution is 7.16. The smallest absolute Gasteiger partial charge is 0.248 e. The Kier molecular flexibility index (Phi) is 5.86. The van der Waals surface area contributed by atoms with Crippen LogP contribution in [-0.4, -0.2) is 33.7 Å². The first kappa shape index (κ1) is 21.5. The van der Waals surface area contributed by atoms with E-state index in [1.54, 1.807) is 24.3 Å². The maximum Gasteiger partial charge on any atom is 0.248 e. The van der Waals surface area contributed by atoms with Gasteiger partial charge in [0.25, 0.3) is 0 Å². The second-order valence-electron chi connectivity index (χ2n) is 7.52. The van der Waals surface area contributed by atoms with Gasteiger partial charge in [-0.2, -0.15) is 5.26 Å². The molecular weight excluding hydrogens is 447 g/mol. The van der Waals surface area contributed by atoms with E-state index < -0.39 is 0 Å². The van der Waals surface area contributed by atoms with Crippen molar-refractivity contribution in [3.8, 4) is 51.9 Å². The highest BCUT2D eigenvalue weighted by Gasteiger charge is 2.14. The Hall–Kier alpha value is -4.34. The van der Waals surface area contributed by atoms with E-state index in [-0.39, 0.29) is 0 Å². The molecule has 2 heterocycles. The Morgan fingerprint density at radius 2 is 1.03 bits per heavy atom. The summed E-state index contributed by atoms with van der Waals surface area (Å²) in [5.41, 5.74) is 4.85. The molecule has 2 aromatic heterocycles. The van der Waals surface area contributed by atoms with Crippen molar-refractivity contribution < 1.29 is 8.83 Å². The van der Waals surface area contributed by atoms with Crippen LogP contribution in [0.2, 0.25) is 0 Å². The lowest BCUT2D eigenvalue weighted by atomic mass is 10.1. The lowest BCUT2D eigenvalue weighted by Crippen LogP contribution is -2.13. The van der Waals surface area contributed by atoms with Crippen LogP contribution in [0, 0.1) is 11.3 Å². The van der Waals surface area contributed by atoms with Crippen molar-refractivity contribution >= 4 is 14.9 Å². The largest absolute Gasteiger partial charge is 0.416 e. The van der Waals surface area contributed by atoms with E-state index in [1.807, 2.05) is 55.6 Å². The highest BCUT2D eigenvalue weighted by Crippen LogP contribution is 2.29. The van der Waals surface area contributed by atoms with E-state index in [2.05, 4.69) is 40.6 Å². The summed E-state index contributed by atoms with van der Waals surface area (Å²) in [5, 5.41) is 25.6. The van der Waals surface area contributed by atoms with Gasteiger partial charge in [0.2, 0.25) is 23.6 Å². The van der Waals surface area contributed by atoms with Crippen molar-refractivity contribution in [3.05, 3.63) is 78.4 Å². The molecule has 0 amide bonds. The second-order valence-corrected chi connectivity index (χ2v) is 7.88. The minimum atomic E-state index is 0.389. The van der Waals surface area contributed by atoms with Crippen molar-refractivity contribution in [2.24, 2.45) is 0 Å². The average Bonchev–Trinajstić information content (AvgIpc) is 3.59. The molecule has 5 rings (SSSR count). The first-order valence-electron chi connectivity index (χ1n) is 10.4. The Bertz CT molecular complexity index is 1450. The van der Waals surface area contributed by atoms with E-state index in [4.69, 9.17) is 14.1 Å². The zero-order valence-corrected chi connectivity index (χ0v) is 19.4. The molecule has 34 heavy (non-hydrogen) atoms. The molecule has 0 aliphatic carbocycles. The van der Waals surface area contributed by atoms with Gasteiger partial charge in [0, 0.05) is 41.3 Å². The third-order valence-corrected chi connectivity index (χ3v) is 5.87. The van der Waals surface area contributed by atoms with Gasteiger partial charge < -0.3 is 13.7 Å². The number of hydrogen-bond acceptors (Lipinski definition) is 8. The van der Waals surface area contributed by atoms with Gasteiger partial charge in [0.15, 0.2) is 0 Å². The molecule has 166 valence electrons. The minimum Gasteiger partial charge on any atom is -0.416 e. The van der Waals surface area contributed by atoms with E-state index in [0.717, 1.165) is 34.2 Å². The summed E-state index contributed by atoms with van der Waals surface area (Å²) in [6.45, 7) is 0. The van der Waals surface area contributed by atoms with Crippen molar-refractivity contribution in [1.82, 2.24) is 20.4 Å². The molecule has 3 aromatic carbocycles. The monoisotopic (exact) mass is 466 g/mol. The van der Waals surface area contributed by atoms with Crippen molar-refractivity contribution in [1.29, 1.82) is 5.26 Å². The quantitative estimate of drug-likeness (QED) is 0.312. The predicted octanol–water partition coefficient (Wildman–Crippen LogP) is 5.26. The maximum absolute atomic E-state index is 8.93. The number of nitrogens with zero attached hydrogens (tertiary/aromatic N) is 6. The fourth-order valence-electron chi connectivity index (χ4n) is 3.32. The van der Waals surface area contributed by atoms with Crippen LogP contribution < -0.4 is 4.90 Å². The summed E-state index contributed by atoms with van der Waals surface area (Å²) in [5.74, 6) is 1.67. The van der Waals surface area contributed by atoms with Crippen LogP contribution in [0.1, 0.15) is 5.56 Å². The molecule has 0 fully saturated rings.